The number of nitrogens with zero attached hydrogens (tertiary/aromatic N) is 5. The highest BCUT2D eigenvalue weighted by Gasteiger charge is 2.25. The van der Waals surface area contributed by atoms with Gasteiger partial charge in [0, 0.05) is 18.2 Å². The van der Waals surface area contributed by atoms with Gasteiger partial charge in [0.25, 0.3) is 0 Å². The molecule has 13 heteroatoms. The molecule has 0 aliphatic heterocycles. The number of hydrogen-bond acceptors (Lipinski definition) is 10. The molecule has 0 saturated heterocycles. The van der Waals surface area contributed by atoms with E-state index in [0.717, 1.165) is 5.13 Å². The second-order valence-corrected chi connectivity index (χ2v) is 11.8. The number of aromatic nitrogens is 2. The molecule has 1 heterocycles. The van der Waals surface area contributed by atoms with E-state index in [1.54, 1.807) is 36.9 Å². The molecule has 3 aromatic rings. The summed E-state index contributed by atoms with van der Waals surface area (Å²) in [6.07, 6.45) is 0. The van der Waals surface area contributed by atoms with Crippen LogP contribution < -0.4 is 30.1 Å². The number of aryl methyl sites for hydroxylation is 1. The Labute approximate surface area is 222 Å². The molecule has 0 saturated carbocycles. The van der Waals surface area contributed by atoms with Gasteiger partial charge in [0.2, 0.25) is 15.2 Å². The minimum absolute atomic E-state index is 0.0998. The van der Waals surface area contributed by atoms with Crippen molar-refractivity contribution >= 4 is 60.1 Å². The van der Waals surface area contributed by atoms with Crippen LogP contribution in [0.4, 0.5) is 38.7 Å². The molecular weight excluding hydrogens is 512 g/mol. The second-order valence-electron chi connectivity index (χ2n) is 8.87. The van der Waals surface area contributed by atoms with E-state index in [-0.39, 0.29) is 23.5 Å². The van der Waals surface area contributed by atoms with Crippen molar-refractivity contribution in [1.82, 2.24) is 5.10 Å². The lowest BCUT2D eigenvalue weighted by molar-refractivity contribution is -0.712. The first-order valence-corrected chi connectivity index (χ1v) is 14.3. The highest BCUT2D eigenvalue weighted by Crippen LogP contribution is 2.40. The maximum atomic E-state index is 12.5. The largest absolute Gasteiger partial charge is 0.494 e. The number of nitrogen functional groups attached to an aromatic ring is 1. The van der Waals surface area contributed by atoms with Gasteiger partial charge in [-0.05, 0) is 69.3 Å². The number of ether oxygens (including phenoxy) is 1. The molecule has 3 rings (SSSR count). The number of rotatable bonds is 11. The fourth-order valence-electron chi connectivity index (χ4n) is 3.66. The van der Waals surface area contributed by atoms with Crippen LogP contribution in [0.3, 0.4) is 0 Å². The van der Waals surface area contributed by atoms with Crippen LogP contribution in [0.25, 0.3) is 0 Å². The third kappa shape index (κ3) is 6.86. The molecule has 0 aliphatic carbocycles. The van der Waals surface area contributed by atoms with E-state index in [2.05, 4.69) is 58.0 Å². The van der Waals surface area contributed by atoms with Crippen molar-refractivity contribution < 1.29 is 17.8 Å². The first-order valence-electron chi connectivity index (χ1n) is 11.9. The predicted molar refractivity (Wildman–Crippen MR) is 150 cm³/mol. The molecule has 2 aromatic carbocycles. The van der Waals surface area contributed by atoms with Gasteiger partial charge in [-0.2, -0.15) is 0 Å². The van der Waals surface area contributed by atoms with Crippen LogP contribution in [0.2, 0.25) is 0 Å². The van der Waals surface area contributed by atoms with E-state index in [1.165, 1.54) is 18.4 Å². The molecule has 200 valence electrons. The highest BCUT2D eigenvalue weighted by atomic mass is 32.2. The number of hydrogen-bond donors (Lipinski definition) is 3. The van der Waals surface area contributed by atoms with Crippen molar-refractivity contribution in [2.24, 2.45) is 17.3 Å². The Hall–Kier alpha value is -3.45. The zero-order valence-electron chi connectivity index (χ0n) is 22.2. The number of nitrogens with one attached hydrogen (secondary N) is 2. The van der Waals surface area contributed by atoms with E-state index >= 15 is 0 Å². The molecule has 0 spiro atoms. The highest BCUT2D eigenvalue weighted by molar-refractivity contribution is 7.92. The third-order valence-corrected chi connectivity index (χ3v) is 7.76. The summed E-state index contributed by atoms with van der Waals surface area (Å²) in [6, 6.07) is 11.0. The quantitative estimate of drug-likeness (QED) is 0.172. The number of para-hydroxylation sites is 2. The first kappa shape index (κ1) is 28.1. The van der Waals surface area contributed by atoms with Gasteiger partial charge in [-0.15, -0.1) is 4.68 Å². The number of nitrogens with two attached hydrogens (primary N) is 1. The van der Waals surface area contributed by atoms with Gasteiger partial charge >= 0.3 is 5.13 Å². The van der Waals surface area contributed by atoms with E-state index < -0.39 is 10.0 Å². The van der Waals surface area contributed by atoms with Gasteiger partial charge in [0.15, 0.2) is 0 Å². The number of sulfonamides is 1. The summed E-state index contributed by atoms with van der Waals surface area (Å²) in [7, 11) is -0.278. The maximum absolute atomic E-state index is 12.5. The molecule has 0 fully saturated rings. The Balaban J connectivity index is 2.06. The fourth-order valence-corrected chi connectivity index (χ4v) is 5.41. The minimum atomic E-state index is -3.60. The average Bonchev–Trinajstić information content (AvgIpc) is 3.18. The van der Waals surface area contributed by atoms with Gasteiger partial charge in [-0.1, -0.05) is 17.2 Å². The van der Waals surface area contributed by atoms with Crippen LogP contribution in [-0.2, 0) is 17.1 Å². The predicted octanol–water partition coefficient (Wildman–Crippen LogP) is 5.10. The van der Waals surface area contributed by atoms with Crippen LogP contribution in [0.5, 0.6) is 5.75 Å². The van der Waals surface area contributed by atoms with Crippen molar-refractivity contribution in [3.8, 4) is 5.75 Å². The minimum Gasteiger partial charge on any atom is -0.494 e. The van der Waals surface area contributed by atoms with E-state index in [1.807, 2.05) is 18.2 Å². The maximum Gasteiger partial charge on any atom is 0.431 e. The molecule has 0 amide bonds. The molecule has 0 bridgehead atoms. The standard InChI is InChI=1S/C24H34N8O3S2/c1-8-37(33,34)30-20-13-21(26-18-12-10-9-11-17(18)25)22(35-7)14-19(20)27-28-23-31(6)29-24(36-23)32(15(2)3)16(4)5/h9-16H,8H2,1-7H3,(H3,25,26,27,30)/p+1. The van der Waals surface area contributed by atoms with E-state index in [0.29, 0.717) is 33.6 Å². The van der Waals surface area contributed by atoms with Gasteiger partial charge in [0.05, 0.1) is 40.7 Å². The molecule has 37 heavy (non-hydrogen) atoms. The number of anilines is 5. The zero-order valence-corrected chi connectivity index (χ0v) is 23.8. The second kappa shape index (κ2) is 11.7. The molecule has 0 radical (unpaired) electrons. The fraction of sp³-hybridized carbons (Fsp3) is 0.417. The van der Waals surface area contributed by atoms with Crippen molar-refractivity contribution in [2.75, 3.05) is 33.5 Å². The summed E-state index contributed by atoms with van der Waals surface area (Å²) in [5.74, 6) is 0.342. The lowest BCUT2D eigenvalue weighted by atomic mass is 10.2. The Bertz CT molecular complexity index is 1360. The van der Waals surface area contributed by atoms with E-state index in [4.69, 9.17) is 10.5 Å². The van der Waals surface area contributed by atoms with Gasteiger partial charge < -0.3 is 20.7 Å². The Morgan fingerprint density at radius 1 is 1.11 bits per heavy atom. The Morgan fingerprint density at radius 2 is 1.78 bits per heavy atom. The molecule has 0 atom stereocenters. The van der Waals surface area contributed by atoms with Crippen LogP contribution in [0.15, 0.2) is 46.6 Å². The lowest BCUT2D eigenvalue weighted by Gasteiger charge is -2.28. The van der Waals surface area contributed by atoms with Crippen LogP contribution >= 0.6 is 11.3 Å². The first-order chi connectivity index (χ1) is 17.5. The summed E-state index contributed by atoms with van der Waals surface area (Å²) < 4.78 is 34.7. The lowest BCUT2D eigenvalue weighted by Crippen LogP contribution is -2.39. The van der Waals surface area contributed by atoms with Gasteiger partial charge in [0.1, 0.15) is 18.5 Å². The summed E-state index contributed by atoms with van der Waals surface area (Å²) in [4.78, 5) is 2.20. The summed E-state index contributed by atoms with van der Waals surface area (Å²) >= 11 is 1.40. The summed E-state index contributed by atoms with van der Waals surface area (Å²) in [5.41, 5.74) is 8.33. The number of methoxy groups -OCH3 is 1. The third-order valence-electron chi connectivity index (χ3n) is 5.47. The number of azo groups is 1. The zero-order chi connectivity index (χ0) is 27.3. The SMILES string of the molecule is CCS(=O)(=O)Nc1cc(Nc2ccccc2N)c(OC)cc1N=Nc1sc(N(C(C)C)C(C)C)n[n+]1C. The topological polar surface area (TPSA) is 138 Å². The van der Waals surface area contributed by atoms with Crippen molar-refractivity contribution in [3.63, 3.8) is 0 Å². The molecule has 0 aliphatic rings. The van der Waals surface area contributed by atoms with Crippen molar-refractivity contribution in [3.05, 3.63) is 36.4 Å². The molecule has 11 nitrogen and oxygen atoms in total. The monoisotopic (exact) mass is 547 g/mol. The Morgan fingerprint density at radius 3 is 2.38 bits per heavy atom. The Kier molecular flexibility index (Phi) is 8.92. The summed E-state index contributed by atoms with van der Waals surface area (Å²) in [6.45, 7) is 10.0. The van der Waals surface area contributed by atoms with Crippen LogP contribution in [0, 0.1) is 0 Å². The van der Waals surface area contributed by atoms with Crippen LogP contribution in [0.1, 0.15) is 34.6 Å². The smallest absolute Gasteiger partial charge is 0.431 e. The van der Waals surface area contributed by atoms with Gasteiger partial charge in [-0.25, -0.2) is 8.42 Å². The molecule has 4 N–H and O–H groups in total. The average molecular weight is 548 g/mol. The molecule has 0 unspecified atom stereocenters. The molecule has 1 aromatic heterocycles. The van der Waals surface area contributed by atoms with Crippen LogP contribution in [-0.4, -0.2) is 38.5 Å². The van der Waals surface area contributed by atoms with Gasteiger partial charge in [-0.3, -0.25) is 4.72 Å². The van der Waals surface area contributed by atoms with Crippen molar-refractivity contribution in [1.29, 1.82) is 0 Å². The summed E-state index contributed by atoms with van der Waals surface area (Å²) in [5, 5.41) is 18.0. The normalized spacial score (nSPS) is 11.9. The number of benzene rings is 2. The van der Waals surface area contributed by atoms with Crippen molar-refractivity contribution in [2.45, 2.75) is 46.7 Å². The molecular formula is C24H35N8O3S2+. The van der Waals surface area contributed by atoms with E-state index in [9.17, 15) is 8.42 Å².